The highest BCUT2D eigenvalue weighted by molar-refractivity contribution is 5.80. The van der Waals surface area contributed by atoms with Crippen LogP contribution in [0.25, 0.3) is 0 Å². The van der Waals surface area contributed by atoms with Gasteiger partial charge in [0, 0.05) is 0 Å². The first-order valence-electron chi connectivity index (χ1n) is 6.30. The first-order chi connectivity index (χ1) is 9.36. The van der Waals surface area contributed by atoms with Gasteiger partial charge in [0.2, 0.25) is 0 Å². The zero-order valence-corrected chi connectivity index (χ0v) is 11.6. The molecule has 0 spiro atoms. The molecule has 2 N–H and O–H groups in total. The van der Waals surface area contributed by atoms with Crippen molar-refractivity contribution in [1.29, 1.82) is 0 Å². The predicted octanol–water partition coefficient (Wildman–Crippen LogP) is 2.66. The third-order valence-electron chi connectivity index (χ3n) is 2.58. The van der Waals surface area contributed by atoms with Gasteiger partial charge in [-0.15, -0.1) is 0 Å². The third-order valence-corrected chi connectivity index (χ3v) is 2.58. The molecule has 0 saturated carbocycles. The number of nitrogens with zero attached hydrogens (tertiary/aromatic N) is 1. The molecular weight excluding hydrogens is 264 g/mol. The van der Waals surface area contributed by atoms with E-state index >= 15 is 0 Å². The van der Waals surface area contributed by atoms with Crippen molar-refractivity contribution in [3.63, 3.8) is 0 Å². The van der Waals surface area contributed by atoms with Gasteiger partial charge in [-0.3, -0.25) is 10.1 Å². The summed E-state index contributed by atoms with van der Waals surface area (Å²) in [6.45, 7) is 5.21. The highest BCUT2D eigenvalue weighted by atomic mass is 16.6. The second-order valence-corrected chi connectivity index (χ2v) is 4.52. The summed E-state index contributed by atoms with van der Waals surface area (Å²) in [6.07, 6.45) is 0.0901. The zero-order valence-electron chi connectivity index (χ0n) is 11.6. The van der Waals surface area contributed by atoms with E-state index in [0.717, 1.165) is 0 Å². The maximum atomic E-state index is 11.2. The Bertz CT molecular complexity index is 502. The third kappa shape index (κ3) is 3.84. The van der Waals surface area contributed by atoms with E-state index in [2.05, 4.69) is 5.32 Å². The number of rotatable bonds is 7. The topological polar surface area (TPSA) is 102 Å². The van der Waals surface area contributed by atoms with Crippen LogP contribution in [0.1, 0.15) is 27.2 Å². The van der Waals surface area contributed by atoms with Crippen molar-refractivity contribution in [2.24, 2.45) is 0 Å². The molecule has 0 aliphatic heterocycles. The smallest absolute Gasteiger partial charge is 0.333 e. The van der Waals surface area contributed by atoms with E-state index in [4.69, 9.17) is 9.84 Å². The molecule has 0 bridgehead atoms. The number of nitrogens with one attached hydrogen (secondary N) is 1. The van der Waals surface area contributed by atoms with E-state index in [1.807, 2.05) is 0 Å². The van der Waals surface area contributed by atoms with E-state index < -0.39 is 16.9 Å². The fourth-order valence-electron chi connectivity index (χ4n) is 1.70. The molecule has 0 amide bonds. The van der Waals surface area contributed by atoms with Crippen molar-refractivity contribution in [3.8, 4) is 5.75 Å². The molecule has 0 heterocycles. The summed E-state index contributed by atoms with van der Waals surface area (Å²) in [5.41, 5.74) is -0.108. The quantitative estimate of drug-likeness (QED) is 0.589. The molecule has 1 rings (SSSR count). The van der Waals surface area contributed by atoms with Crippen molar-refractivity contribution < 1.29 is 19.6 Å². The summed E-state index contributed by atoms with van der Waals surface area (Å²) in [7, 11) is 0. The van der Waals surface area contributed by atoms with Crippen LogP contribution in [0.5, 0.6) is 5.75 Å². The molecule has 1 aromatic carbocycles. The van der Waals surface area contributed by atoms with E-state index in [1.54, 1.807) is 26.8 Å². The summed E-state index contributed by atoms with van der Waals surface area (Å²) in [6, 6.07) is 3.66. The Balaban J connectivity index is 3.18. The maximum Gasteiger partial charge on any atom is 0.333 e. The number of hydrogen-bond donors (Lipinski definition) is 2. The molecule has 0 aliphatic rings. The molecular formula is C13H18N2O5. The summed E-state index contributed by atoms with van der Waals surface area (Å²) in [5.74, 6) is -0.938. The number of hydrogen-bond acceptors (Lipinski definition) is 5. The number of ether oxygens (including phenoxy) is 1. The van der Waals surface area contributed by atoms with Gasteiger partial charge in [0.1, 0.15) is 11.7 Å². The van der Waals surface area contributed by atoms with Crippen LogP contribution in [0.2, 0.25) is 0 Å². The van der Waals surface area contributed by atoms with Gasteiger partial charge < -0.3 is 15.2 Å². The summed E-state index contributed by atoms with van der Waals surface area (Å²) >= 11 is 0. The van der Waals surface area contributed by atoms with Gasteiger partial charge >= 0.3 is 11.7 Å². The Morgan fingerprint density at radius 3 is 2.60 bits per heavy atom. The lowest BCUT2D eigenvalue weighted by Crippen LogP contribution is -2.28. The van der Waals surface area contributed by atoms with Crippen molar-refractivity contribution in [3.05, 3.63) is 28.3 Å². The second kappa shape index (κ2) is 6.74. The lowest BCUT2D eigenvalue weighted by molar-refractivity contribution is -0.385. The van der Waals surface area contributed by atoms with Crippen LogP contribution < -0.4 is 10.1 Å². The molecule has 0 aliphatic carbocycles. The van der Waals surface area contributed by atoms with Crippen molar-refractivity contribution in [1.82, 2.24) is 0 Å². The number of nitro groups is 1. The maximum absolute atomic E-state index is 11.2. The monoisotopic (exact) mass is 282 g/mol. The largest absolute Gasteiger partial charge is 0.484 e. The number of aliphatic carboxylic acids is 1. The standard InChI is InChI=1S/C13H18N2O5/c1-4-9(13(16)17)14-10-6-5-7-11(20-8(2)3)12(10)15(18)19/h5-9,14H,4H2,1-3H3,(H,16,17). The van der Waals surface area contributed by atoms with E-state index in [9.17, 15) is 14.9 Å². The fraction of sp³-hybridized carbons (Fsp3) is 0.462. The lowest BCUT2D eigenvalue weighted by atomic mass is 10.2. The summed E-state index contributed by atoms with van der Waals surface area (Å²) in [4.78, 5) is 21.6. The number of carbonyl (C=O) groups is 1. The van der Waals surface area contributed by atoms with Gasteiger partial charge in [-0.1, -0.05) is 13.0 Å². The minimum atomic E-state index is -1.06. The van der Waals surface area contributed by atoms with E-state index in [-0.39, 0.29) is 23.2 Å². The van der Waals surface area contributed by atoms with Crippen molar-refractivity contribution in [2.45, 2.75) is 39.3 Å². The summed E-state index contributed by atoms with van der Waals surface area (Å²) in [5, 5.41) is 22.9. The molecule has 0 aromatic heterocycles. The average Bonchev–Trinajstić information content (AvgIpc) is 2.34. The molecule has 20 heavy (non-hydrogen) atoms. The molecule has 0 saturated heterocycles. The molecule has 0 radical (unpaired) electrons. The van der Waals surface area contributed by atoms with Crippen LogP contribution in [0.4, 0.5) is 11.4 Å². The van der Waals surface area contributed by atoms with Crippen molar-refractivity contribution in [2.75, 3.05) is 5.32 Å². The molecule has 7 heteroatoms. The Morgan fingerprint density at radius 1 is 1.50 bits per heavy atom. The van der Waals surface area contributed by atoms with Crippen LogP contribution in [0.3, 0.4) is 0 Å². The van der Waals surface area contributed by atoms with Crippen LogP contribution in [-0.4, -0.2) is 28.1 Å². The number of carboxylic acid groups (broad SMARTS) is 1. The van der Waals surface area contributed by atoms with Crippen LogP contribution in [0, 0.1) is 10.1 Å². The minimum absolute atomic E-state index is 0.121. The number of carboxylic acids is 1. The molecule has 1 aromatic rings. The van der Waals surface area contributed by atoms with Crippen LogP contribution >= 0.6 is 0 Å². The Labute approximate surface area is 116 Å². The van der Waals surface area contributed by atoms with Crippen molar-refractivity contribution >= 4 is 17.3 Å². The van der Waals surface area contributed by atoms with Crippen LogP contribution in [0.15, 0.2) is 18.2 Å². The second-order valence-electron chi connectivity index (χ2n) is 4.52. The molecule has 110 valence electrons. The molecule has 0 fully saturated rings. The van der Waals surface area contributed by atoms with Gasteiger partial charge in [-0.25, -0.2) is 4.79 Å². The number of anilines is 1. The normalized spacial score (nSPS) is 12.0. The average molecular weight is 282 g/mol. The highest BCUT2D eigenvalue weighted by Crippen LogP contribution is 2.35. The number of benzene rings is 1. The Hall–Kier alpha value is -2.31. The van der Waals surface area contributed by atoms with Gasteiger partial charge in [0.25, 0.3) is 0 Å². The molecule has 1 atom stereocenters. The predicted molar refractivity (Wildman–Crippen MR) is 74.2 cm³/mol. The summed E-state index contributed by atoms with van der Waals surface area (Å²) < 4.78 is 5.39. The first-order valence-corrected chi connectivity index (χ1v) is 6.30. The zero-order chi connectivity index (χ0) is 15.3. The Kier molecular flexibility index (Phi) is 5.31. The number of nitro benzene ring substituents is 1. The van der Waals surface area contributed by atoms with Crippen LogP contribution in [-0.2, 0) is 4.79 Å². The minimum Gasteiger partial charge on any atom is -0.484 e. The highest BCUT2D eigenvalue weighted by Gasteiger charge is 2.25. The Morgan fingerprint density at radius 2 is 2.15 bits per heavy atom. The first kappa shape index (κ1) is 15.7. The molecule has 7 nitrogen and oxygen atoms in total. The van der Waals surface area contributed by atoms with E-state index in [0.29, 0.717) is 6.42 Å². The van der Waals surface area contributed by atoms with Gasteiger partial charge in [-0.05, 0) is 32.4 Å². The molecule has 1 unspecified atom stereocenters. The number of para-hydroxylation sites is 1. The van der Waals surface area contributed by atoms with E-state index in [1.165, 1.54) is 12.1 Å². The fourth-order valence-corrected chi connectivity index (χ4v) is 1.70. The van der Waals surface area contributed by atoms with Gasteiger partial charge in [-0.2, -0.15) is 0 Å². The van der Waals surface area contributed by atoms with Gasteiger partial charge in [0.05, 0.1) is 11.0 Å². The van der Waals surface area contributed by atoms with Gasteiger partial charge in [0.15, 0.2) is 5.75 Å². The lowest BCUT2D eigenvalue weighted by Gasteiger charge is -2.16. The SMILES string of the molecule is CCC(Nc1cccc(OC(C)C)c1[N+](=O)[O-])C(=O)O.